The molecule has 1 fully saturated rings. The summed E-state index contributed by atoms with van der Waals surface area (Å²) in [5.74, 6) is -0.220. The molecule has 1 aliphatic rings. The smallest absolute Gasteiger partial charge is 0.260 e. The minimum atomic E-state index is -0.220. The van der Waals surface area contributed by atoms with Crippen molar-refractivity contribution in [2.45, 2.75) is 39.5 Å². The van der Waals surface area contributed by atoms with Crippen LogP contribution in [0.4, 0.5) is 5.13 Å². The normalized spacial score (nSPS) is 19.7. The Balaban J connectivity index is 1.42. The zero-order chi connectivity index (χ0) is 21.3. The van der Waals surface area contributed by atoms with E-state index in [9.17, 15) is 4.79 Å². The number of anilines is 1. The number of aromatic nitrogens is 3. The first kappa shape index (κ1) is 21.0. The number of nitrogens with zero attached hydrogens (tertiary/aromatic N) is 4. The van der Waals surface area contributed by atoms with Crippen molar-refractivity contribution in [2.24, 2.45) is 0 Å². The van der Waals surface area contributed by atoms with Crippen molar-refractivity contribution in [2.75, 3.05) is 18.4 Å². The molecule has 3 heterocycles. The van der Waals surface area contributed by atoms with Crippen molar-refractivity contribution in [1.82, 2.24) is 19.7 Å². The molecule has 1 N–H and O–H groups in total. The van der Waals surface area contributed by atoms with Crippen molar-refractivity contribution in [1.29, 1.82) is 0 Å². The average molecular weight is 446 g/mol. The molecule has 0 bridgehead atoms. The molecule has 7 nitrogen and oxygen atoms in total. The standard InChI is InChI=1S/C21H24ClN5O2S/c1-13-9-26(10-14(2)29-13)11-17-12-30-21(24-17)25-20(28)19-8-23-27(15(19)3)18-6-4-16(22)5-7-18/h4-8,12-14H,9-11H2,1-3H3,(H,24,25,28). The highest BCUT2D eigenvalue weighted by molar-refractivity contribution is 7.14. The average Bonchev–Trinajstić information content (AvgIpc) is 3.28. The van der Waals surface area contributed by atoms with Gasteiger partial charge >= 0.3 is 0 Å². The van der Waals surface area contributed by atoms with E-state index in [1.165, 1.54) is 11.3 Å². The Morgan fingerprint density at radius 1 is 1.27 bits per heavy atom. The van der Waals surface area contributed by atoms with Gasteiger partial charge < -0.3 is 4.74 Å². The maximum Gasteiger partial charge on any atom is 0.260 e. The number of hydrogen-bond donors (Lipinski definition) is 1. The highest BCUT2D eigenvalue weighted by Gasteiger charge is 2.23. The van der Waals surface area contributed by atoms with E-state index in [-0.39, 0.29) is 18.1 Å². The highest BCUT2D eigenvalue weighted by Crippen LogP contribution is 2.21. The van der Waals surface area contributed by atoms with Gasteiger partial charge in [0.15, 0.2) is 5.13 Å². The predicted molar refractivity (Wildman–Crippen MR) is 119 cm³/mol. The van der Waals surface area contributed by atoms with E-state index in [1.807, 2.05) is 24.4 Å². The van der Waals surface area contributed by atoms with Gasteiger partial charge in [0, 0.05) is 30.0 Å². The van der Waals surface area contributed by atoms with Gasteiger partial charge in [-0.05, 0) is 45.0 Å². The lowest BCUT2D eigenvalue weighted by molar-refractivity contribution is -0.0707. The van der Waals surface area contributed by atoms with Crippen LogP contribution < -0.4 is 5.32 Å². The van der Waals surface area contributed by atoms with Crippen molar-refractivity contribution >= 4 is 34.0 Å². The molecule has 1 amide bonds. The van der Waals surface area contributed by atoms with Crippen LogP contribution in [-0.2, 0) is 11.3 Å². The zero-order valence-electron chi connectivity index (χ0n) is 17.1. The van der Waals surface area contributed by atoms with Gasteiger partial charge in [0.05, 0.1) is 41.0 Å². The molecule has 0 radical (unpaired) electrons. The molecule has 30 heavy (non-hydrogen) atoms. The fraction of sp³-hybridized carbons (Fsp3) is 0.381. The summed E-state index contributed by atoms with van der Waals surface area (Å²) in [6.07, 6.45) is 2.00. The largest absolute Gasteiger partial charge is 0.373 e. The maximum atomic E-state index is 12.8. The Bertz CT molecular complexity index is 1020. The number of carbonyl (C=O) groups is 1. The zero-order valence-corrected chi connectivity index (χ0v) is 18.7. The van der Waals surface area contributed by atoms with Crippen molar-refractivity contribution < 1.29 is 9.53 Å². The molecule has 1 aromatic carbocycles. The summed E-state index contributed by atoms with van der Waals surface area (Å²) in [4.78, 5) is 19.7. The molecular formula is C21H24ClN5O2S. The van der Waals surface area contributed by atoms with Crippen LogP contribution in [0.3, 0.4) is 0 Å². The first-order valence-corrected chi connectivity index (χ1v) is 11.1. The van der Waals surface area contributed by atoms with E-state index in [1.54, 1.807) is 23.0 Å². The third-order valence-electron chi connectivity index (χ3n) is 4.98. The minimum Gasteiger partial charge on any atom is -0.373 e. The summed E-state index contributed by atoms with van der Waals surface area (Å²) < 4.78 is 7.50. The molecule has 0 saturated carbocycles. The molecule has 158 valence electrons. The van der Waals surface area contributed by atoms with E-state index >= 15 is 0 Å². The van der Waals surface area contributed by atoms with Crippen molar-refractivity contribution in [3.8, 4) is 5.69 Å². The molecule has 4 rings (SSSR count). The molecule has 2 unspecified atom stereocenters. The predicted octanol–water partition coefficient (Wildman–Crippen LogP) is 4.15. The summed E-state index contributed by atoms with van der Waals surface area (Å²) in [6.45, 7) is 8.55. The SMILES string of the molecule is Cc1c(C(=O)Nc2nc(CN3CC(C)OC(C)C3)cs2)cnn1-c1ccc(Cl)cc1. The van der Waals surface area contributed by atoms with Gasteiger partial charge in [-0.3, -0.25) is 15.0 Å². The minimum absolute atomic E-state index is 0.215. The second kappa shape index (κ2) is 8.85. The maximum absolute atomic E-state index is 12.8. The van der Waals surface area contributed by atoms with Gasteiger partial charge in [-0.15, -0.1) is 11.3 Å². The summed E-state index contributed by atoms with van der Waals surface area (Å²) in [5.41, 5.74) is 3.06. The Hall–Kier alpha value is -2.26. The second-order valence-corrected chi connectivity index (χ2v) is 8.88. The van der Waals surface area contributed by atoms with E-state index in [0.717, 1.165) is 36.7 Å². The summed E-state index contributed by atoms with van der Waals surface area (Å²) >= 11 is 7.38. The molecule has 1 saturated heterocycles. The van der Waals surface area contributed by atoms with Crippen molar-refractivity contribution in [3.63, 3.8) is 0 Å². The number of rotatable bonds is 5. The molecule has 2 atom stereocenters. The van der Waals surface area contributed by atoms with E-state index in [0.29, 0.717) is 15.7 Å². The molecule has 2 aromatic heterocycles. The number of carbonyl (C=O) groups excluding carboxylic acids is 1. The summed E-state index contributed by atoms with van der Waals surface area (Å²) in [5, 5.41) is 10.5. The second-order valence-electron chi connectivity index (χ2n) is 7.58. The van der Waals surface area contributed by atoms with Gasteiger partial charge in [0.1, 0.15) is 0 Å². The van der Waals surface area contributed by atoms with Gasteiger partial charge in [-0.1, -0.05) is 11.6 Å². The topological polar surface area (TPSA) is 72.3 Å². The van der Waals surface area contributed by atoms with Crippen LogP contribution in [0.1, 0.15) is 35.6 Å². The van der Waals surface area contributed by atoms with Crippen LogP contribution in [-0.4, -0.2) is 50.9 Å². The van der Waals surface area contributed by atoms with E-state index < -0.39 is 0 Å². The Morgan fingerprint density at radius 3 is 2.67 bits per heavy atom. The summed E-state index contributed by atoms with van der Waals surface area (Å²) in [7, 11) is 0. The summed E-state index contributed by atoms with van der Waals surface area (Å²) in [6, 6.07) is 7.32. The van der Waals surface area contributed by atoms with Crippen LogP contribution in [0.2, 0.25) is 5.02 Å². The first-order valence-electron chi connectivity index (χ1n) is 9.83. The third kappa shape index (κ3) is 4.73. The van der Waals surface area contributed by atoms with E-state index in [4.69, 9.17) is 16.3 Å². The Kier molecular flexibility index (Phi) is 6.19. The van der Waals surface area contributed by atoms with Crippen LogP contribution in [0.25, 0.3) is 5.69 Å². The van der Waals surface area contributed by atoms with E-state index in [2.05, 4.69) is 34.1 Å². The molecule has 0 spiro atoms. The van der Waals surface area contributed by atoms with Crippen LogP contribution in [0.5, 0.6) is 0 Å². The number of halogens is 1. The van der Waals surface area contributed by atoms with Gasteiger partial charge in [-0.2, -0.15) is 5.10 Å². The number of thiazole rings is 1. The molecule has 1 aliphatic heterocycles. The number of amides is 1. The molecule has 3 aromatic rings. The number of morpholine rings is 1. The van der Waals surface area contributed by atoms with Gasteiger partial charge in [0.2, 0.25) is 0 Å². The monoisotopic (exact) mass is 445 g/mol. The fourth-order valence-electron chi connectivity index (χ4n) is 3.72. The fourth-order valence-corrected chi connectivity index (χ4v) is 4.54. The highest BCUT2D eigenvalue weighted by atomic mass is 35.5. The van der Waals surface area contributed by atoms with Gasteiger partial charge in [-0.25, -0.2) is 9.67 Å². The Labute approximate surface area is 184 Å². The number of benzene rings is 1. The lowest BCUT2D eigenvalue weighted by atomic mass is 10.2. The van der Waals surface area contributed by atoms with Crippen LogP contribution >= 0.6 is 22.9 Å². The molecule has 0 aliphatic carbocycles. The molecular weight excluding hydrogens is 422 g/mol. The van der Waals surface area contributed by atoms with Gasteiger partial charge in [0.25, 0.3) is 5.91 Å². The molecule has 9 heteroatoms. The van der Waals surface area contributed by atoms with Crippen LogP contribution in [0.15, 0.2) is 35.8 Å². The first-order chi connectivity index (χ1) is 14.4. The number of hydrogen-bond acceptors (Lipinski definition) is 6. The Morgan fingerprint density at radius 2 is 1.97 bits per heavy atom. The lowest BCUT2D eigenvalue weighted by Crippen LogP contribution is -2.44. The van der Waals surface area contributed by atoms with Crippen molar-refractivity contribution in [3.05, 3.63) is 57.8 Å². The number of ether oxygens (including phenoxy) is 1. The third-order valence-corrected chi connectivity index (χ3v) is 6.04. The van der Waals surface area contributed by atoms with Crippen LogP contribution in [0, 0.1) is 6.92 Å². The lowest BCUT2D eigenvalue weighted by Gasteiger charge is -2.34. The quantitative estimate of drug-likeness (QED) is 0.638. The number of nitrogens with one attached hydrogen (secondary N) is 1.